The van der Waals surface area contributed by atoms with E-state index in [0.717, 1.165) is 40.6 Å². The molecule has 0 saturated carbocycles. The fourth-order valence-corrected chi connectivity index (χ4v) is 3.74. The van der Waals surface area contributed by atoms with E-state index in [4.69, 9.17) is 0 Å². The molecule has 6 heteroatoms. The van der Waals surface area contributed by atoms with Crippen molar-refractivity contribution < 1.29 is 0 Å². The Morgan fingerprint density at radius 2 is 2.00 bits per heavy atom. The molecule has 1 aliphatic rings. The van der Waals surface area contributed by atoms with E-state index >= 15 is 0 Å². The molecule has 0 amide bonds. The van der Waals surface area contributed by atoms with Gasteiger partial charge in [-0.3, -0.25) is 0 Å². The van der Waals surface area contributed by atoms with Crippen LogP contribution in [0.1, 0.15) is 18.4 Å². The second-order valence-corrected chi connectivity index (χ2v) is 6.42. The van der Waals surface area contributed by atoms with Crippen molar-refractivity contribution in [3.63, 3.8) is 0 Å². The number of thiophene rings is 1. The normalized spacial score (nSPS) is 14.7. The molecule has 0 aliphatic carbocycles. The van der Waals surface area contributed by atoms with E-state index in [0.29, 0.717) is 0 Å². The number of anilines is 3. The van der Waals surface area contributed by atoms with Crippen molar-refractivity contribution in [3.8, 4) is 0 Å². The molecule has 0 atom stereocenters. The number of aromatic nitrogens is 3. The van der Waals surface area contributed by atoms with Crippen LogP contribution in [-0.4, -0.2) is 28.0 Å². The van der Waals surface area contributed by atoms with Crippen molar-refractivity contribution in [1.29, 1.82) is 0 Å². The second kappa shape index (κ2) is 5.53. The molecular weight excluding hydrogens is 294 g/mol. The summed E-state index contributed by atoms with van der Waals surface area (Å²) in [5.41, 5.74) is 3.16. The third-order valence-electron chi connectivity index (χ3n) is 3.97. The van der Waals surface area contributed by atoms with Crippen LogP contribution in [0.2, 0.25) is 0 Å². The van der Waals surface area contributed by atoms with E-state index in [1.54, 1.807) is 17.7 Å². The van der Waals surface area contributed by atoms with Crippen LogP contribution in [0.15, 0.2) is 30.0 Å². The first-order valence-electron chi connectivity index (χ1n) is 7.48. The zero-order valence-electron chi connectivity index (χ0n) is 12.4. The van der Waals surface area contributed by atoms with Gasteiger partial charge in [0.15, 0.2) is 5.82 Å². The van der Waals surface area contributed by atoms with Crippen LogP contribution in [0.5, 0.6) is 0 Å². The molecule has 0 aromatic carbocycles. The minimum absolute atomic E-state index is 0.846. The van der Waals surface area contributed by atoms with E-state index in [-0.39, 0.29) is 0 Å². The summed E-state index contributed by atoms with van der Waals surface area (Å²) in [5.74, 6) is 1.90. The zero-order valence-corrected chi connectivity index (χ0v) is 13.2. The molecule has 3 aromatic heterocycles. The zero-order chi connectivity index (χ0) is 14.9. The maximum absolute atomic E-state index is 4.57. The van der Waals surface area contributed by atoms with Gasteiger partial charge in [0, 0.05) is 13.1 Å². The smallest absolute Gasteiger partial charge is 0.151 e. The highest BCUT2D eigenvalue weighted by molar-refractivity contribution is 7.18. The summed E-state index contributed by atoms with van der Waals surface area (Å²) in [5, 5.41) is 5.47. The molecule has 1 fully saturated rings. The maximum Gasteiger partial charge on any atom is 0.151 e. The second-order valence-electron chi connectivity index (χ2n) is 5.54. The molecule has 0 spiro atoms. The van der Waals surface area contributed by atoms with Gasteiger partial charge in [0.05, 0.1) is 22.1 Å². The first kappa shape index (κ1) is 13.5. The van der Waals surface area contributed by atoms with E-state index in [9.17, 15) is 0 Å². The number of rotatable bonds is 3. The van der Waals surface area contributed by atoms with Crippen molar-refractivity contribution in [2.75, 3.05) is 23.3 Å². The number of hydrogen-bond acceptors (Lipinski definition) is 6. The molecule has 1 N–H and O–H groups in total. The van der Waals surface area contributed by atoms with Gasteiger partial charge in [-0.1, -0.05) is 0 Å². The predicted octanol–water partition coefficient (Wildman–Crippen LogP) is 3.74. The van der Waals surface area contributed by atoms with Gasteiger partial charge < -0.3 is 10.2 Å². The van der Waals surface area contributed by atoms with Crippen molar-refractivity contribution in [3.05, 3.63) is 35.6 Å². The first-order chi connectivity index (χ1) is 10.8. The van der Waals surface area contributed by atoms with Gasteiger partial charge in [0.1, 0.15) is 12.1 Å². The van der Waals surface area contributed by atoms with Gasteiger partial charge in [-0.15, -0.1) is 11.3 Å². The Labute approximate surface area is 133 Å². The molecule has 4 rings (SSSR count). The Morgan fingerprint density at radius 3 is 2.77 bits per heavy atom. The first-order valence-corrected chi connectivity index (χ1v) is 8.36. The Kier molecular flexibility index (Phi) is 3.38. The van der Waals surface area contributed by atoms with Crippen molar-refractivity contribution in [1.82, 2.24) is 15.0 Å². The highest BCUT2D eigenvalue weighted by Gasteiger charge is 2.13. The van der Waals surface area contributed by atoms with Gasteiger partial charge in [-0.25, -0.2) is 15.0 Å². The lowest BCUT2D eigenvalue weighted by Gasteiger charge is -2.16. The number of fused-ring (bicyclic) bond motifs is 1. The Bertz CT molecular complexity index is 790. The summed E-state index contributed by atoms with van der Waals surface area (Å²) >= 11 is 1.67. The summed E-state index contributed by atoms with van der Waals surface area (Å²) in [4.78, 5) is 15.6. The molecule has 5 nitrogen and oxygen atoms in total. The van der Waals surface area contributed by atoms with Crippen LogP contribution in [-0.2, 0) is 0 Å². The molecular formula is C16H17N5S. The van der Waals surface area contributed by atoms with Gasteiger partial charge in [-0.2, -0.15) is 0 Å². The quantitative estimate of drug-likeness (QED) is 0.798. The standard InChI is InChI=1S/C16H17N5S/c1-11-9-22-15-14(11)18-10-19-16(15)20-12-4-5-13(17-8-12)21-6-2-3-7-21/h4-5,8-10H,2-3,6-7H2,1H3,(H,18,19,20). The predicted molar refractivity (Wildman–Crippen MR) is 91.1 cm³/mol. The number of nitrogens with zero attached hydrogens (tertiary/aromatic N) is 4. The summed E-state index contributed by atoms with van der Waals surface area (Å²) in [7, 11) is 0. The monoisotopic (exact) mass is 311 g/mol. The van der Waals surface area contributed by atoms with Crippen LogP contribution in [0.25, 0.3) is 10.2 Å². The molecule has 4 heterocycles. The summed E-state index contributed by atoms with van der Waals surface area (Å²) < 4.78 is 1.09. The lowest BCUT2D eigenvalue weighted by atomic mass is 10.3. The SMILES string of the molecule is Cc1csc2c(Nc3ccc(N4CCCC4)nc3)ncnc12. The molecule has 112 valence electrons. The summed E-state index contributed by atoms with van der Waals surface area (Å²) in [6.07, 6.45) is 6.01. The summed E-state index contributed by atoms with van der Waals surface area (Å²) in [6.45, 7) is 4.30. The Morgan fingerprint density at radius 1 is 1.14 bits per heavy atom. The topological polar surface area (TPSA) is 53.9 Å². The average Bonchev–Trinajstić information content (AvgIpc) is 3.19. The van der Waals surface area contributed by atoms with Crippen molar-refractivity contribution in [2.45, 2.75) is 19.8 Å². The van der Waals surface area contributed by atoms with Gasteiger partial charge in [0.2, 0.25) is 0 Å². The fraction of sp³-hybridized carbons (Fsp3) is 0.312. The largest absolute Gasteiger partial charge is 0.357 e. The Hall–Kier alpha value is -2.21. The molecule has 3 aromatic rings. The number of aryl methyl sites for hydroxylation is 1. The van der Waals surface area contributed by atoms with E-state index < -0.39 is 0 Å². The molecule has 0 bridgehead atoms. The molecule has 22 heavy (non-hydrogen) atoms. The van der Waals surface area contributed by atoms with Crippen molar-refractivity contribution >= 4 is 38.9 Å². The third-order valence-corrected chi connectivity index (χ3v) is 5.07. The highest BCUT2D eigenvalue weighted by Crippen LogP contribution is 2.30. The van der Waals surface area contributed by atoms with Crippen molar-refractivity contribution in [2.24, 2.45) is 0 Å². The average molecular weight is 311 g/mol. The van der Waals surface area contributed by atoms with Gasteiger partial charge in [0.25, 0.3) is 0 Å². The molecule has 1 aliphatic heterocycles. The minimum Gasteiger partial charge on any atom is -0.357 e. The van der Waals surface area contributed by atoms with Gasteiger partial charge in [-0.05, 0) is 42.8 Å². The van der Waals surface area contributed by atoms with Crippen LogP contribution < -0.4 is 10.2 Å². The van der Waals surface area contributed by atoms with E-state index in [1.807, 2.05) is 6.20 Å². The van der Waals surface area contributed by atoms with Gasteiger partial charge >= 0.3 is 0 Å². The Balaban J connectivity index is 1.59. The highest BCUT2D eigenvalue weighted by atomic mass is 32.1. The minimum atomic E-state index is 0.846. The van der Waals surface area contributed by atoms with Crippen LogP contribution in [0.3, 0.4) is 0 Å². The molecule has 1 saturated heterocycles. The lowest BCUT2D eigenvalue weighted by Crippen LogP contribution is -2.18. The third kappa shape index (κ3) is 2.39. The molecule has 0 radical (unpaired) electrons. The maximum atomic E-state index is 4.57. The fourth-order valence-electron chi connectivity index (χ4n) is 2.79. The van der Waals surface area contributed by atoms with Crippen LogP contribution >= 0.6 is 11.3 Å². The lowest BCUT2D eigenvalue weighted by molar-refractivity contribution is 0.938. The number of pyridine rings is 1. The van der Waals surface area contributed by atoms with E-state index in [2.05, 4.69) is 49.6 Å². The summed E-state index contributed by atoms with van der Waals surface area (Å²) in [6, 6.07) is 4.14. The van der Waals surface area contributed by atoms with E-state index in [1.165, 1.54) is 18.4 Å². The van der Waals surface area contributed by atoms with Crippen LogP contribution in [0.4, 0.5) is 17.3 Å². The number of nitrogens with one attached hydrogen (secondary N) is 1. The molecule has 0 unspecified atom stereocenters. The van der Waals surface area contributed by atoms with Crippen LogP contribution in [0, 0.1) is 6.92 Å². The number of hydrogen-bond donors (Lipinski definition) is 1.